The van der Waals surface area contributed by atoms with Crippen molar-refractivity contribution in [1.29, 1.82) is 0 Å². The maximum Gasteiger partial charge on any atom is 0.150 e. The van der Waals surface area contributed by atoms with Crippen LogP contribution in [-0.4, -0.2) is 16.7 Å². The minimum atomic E-state index is -0.641. The molecule has 2 nitrogen and oxygen atoms in total. The maximum atomic E-state index is 14.2. The van der Waals surface area contributed by atoms with Gasteiger partial charge >= 0.3 is 0 Å². The molecule has 0 spiro atoms. The molecule has 1 fully saturated rings. The number of fused-ring (bicyclic) bond motifs is 1. The Morgan fingerprint density at radius 1 is 1.00 bits per heavy atom. The van der Waals surface area contributed by atoms with Crippen LogP contribution in [0.15, 0.2) is 36.4 Å². The second-order valence-electron chi connectivity index (χ2n) is 6.45. The van der Waals surface area contributed by atoms with E-state index in [1.54, 1.807) is 12.1 Å². The largest absolute Gasteiger partial charge is 0.396 e. The lowest BCUT2D eigenvalue weighted by atomic mass is 9.70. The summed E-state index contributed by atoms with van der Waals surface area (Å²) in [4.78, 5) is 3.05. The summed E-state index contributed by atoms with van der Waals surface area (Å²) in [6.45, 7) is 0.119. The molecule has 2 aromatic carbocycles. The number of H-pyrrole nitrogens is 1. The van der Waals surface area contributed by atoms with E-state index in [-0.39, 0.29) is 29.8 Å². The topological polar surface area (TPSA) is 36.0 Å². The monoisotopic (exact) mass is 331 g/mol. The summed E-state index contributed by atoms with van der Waals surface area (Å²) >= 11 is 0. The molecule has 3 aromatic rings. The molecule has 0 bridgehead atoms. The summed E-state index contributed by atoms with van der Waals surface area (Å²) in [5.41, 5.74) is 2.53. The van der Waals surface area contributed by atoms with E-state index in [9.17, 15) is 18.3 Å². The van der Waals surface area contributed by atoms with E-state index >= 15 is 0 Å². The molecule has 124 valence electrons. The van der Waals surface area contributed by atoms with Gasteiger partial charge in [-0.3, -0.25) is 0 Å². The predicted molar refractivity (Wildman–Crippen MR) is 86.2 cm³/mol. The van der Waals surface area contributed by atoms with Crippen molar-refractivity contribution in [2.24, 2.45) is 5.92 Å². The van der Waals surface area contributed by atoms with Crippen LogP contribution in [0.3, 0.4) is 0 Å². The minimum absolute atomic E-state index is 0.119. The highest BCUT2D eigenvalue weighted by Gasteiger charge is 2.34. The smallest absolute Gasteiger partial charge is 0.150 e. The Hall–Kier alpha value is -2.27. The van der Waals surface area contributed by atoms with Crippen LogP contribution in [0, 0.1) is 23.4 Å². The summed E-state index contributed by atoms with van der Waals surface area (Å²) in [5, 5.41) is 9.77. The van der Waals surface area contributed by atoms with Gasteiger partial charge < -0.3 is 10.1 Å². The number of nitrogens with one attached hydrogen (secondary N) is 1. The summed E-state index contributed by atoms with van der Waals surface area (Å²) in [7, 11) is 0. The third-order valence-corrected chi connectivity index (χ3v) is 4.90. The Morgan fingerprint density at radius 2 is 1.71 bits per heavy atom. The summed E-state index contributed by atoms with van der Waals surface area (Å²) in [6, 6.07) is 8.13. The first-order chi connectivity index (χ1) is 11.6. The fourth-order valence-electron chi connectivity index (χ4n) is 3.63. The van der Waals surface area contributed by atoms with Gasteiger partial charge in [0.1, 0.15) is 17.5 Å². The second-order valence-corrected chi connectivity index (χ2v) is 6.45. The first kappa shape index (κ1) is 15.3. The Kier molecular flexibility index (Phi) is 3.61. The maximum absolute atomic E-state index is 14.2. The van der Waals surface area contributed by atoms with Crippen LogP contribution in [-0.2, 0) is 0 Å². The Labute approximate surface area is 136 Å². The van der Waals surface area contributed by atoms with Crippen LogP contribution < -0.4 is 0 Å². The number of aromatic nitrogens is 1. The van der Waals surface area contributed by atoms with Crippen molar-refractivity contribution >= 4 is 10.9 Å². The van der Waals surface area contributed by atoms with E-state index in [0.29, 0.717) is 11.1 Å². The summed E-state index contributed by atoms with van der Waals surface area (Å²) < 4.78 is 41.1. The standard InChI is InChI=1S/C19H16F3NO/c20-13-3-1-11(2-4-13)18-17(12-5-10(6-12)9-24)15-7-14(21)8-16(22)19(15)23-18/h1-4,7-8,10,12,23-24H,5-6,9H2/t10-,12-. The fraction of sp³-hybridized carbons (Fsp3) is 0.263. The van der Waals surface area contributed by atoms with E-state index < -0.39 is 11.6 Å². The molecule has 0 aliphatic heterocycles. The zero-order chi connectivity index (χ0) is 16.8. The average Bonchev–Trinajstić information content (AvgIpc) is 2.87. The fourth-order valence-corrected chi connectivity index (χ4v) is 3.63. The first-order valence-electron chi connectivity index (χ1n) is 7.94. The molecule has 0 unspecified atom stereocenters. The Morgan fingerprint density at radius 3 is 2.38 bits per heavy atom. The van der Waals surface area contributed by atoms with Crippen molar-refractivity contribution in [3.8, 4) is 11.3 Å². The van der Waals surface area contributed by atoms with Gasteiger partial charge in [0, 0.05) is 18.1 Å². The highest BCUT2D eigenvalue weighted by Crippen LogP contribution is 2.48. The molecule has 0 saturated heterocycles. The molecule has 5 heteroatoms. The summed E-state index contributed by atoms with van der Waals surface area (Å²) in [5.74, 6) is -1.27. The predicted octanol–water partition coefficient (Wildman–Crippen LogP) is 4.74. The third-order valence-electron chi connectivity index (χ3n) is 4.90. The Bertz CT molecular complexity index is 895. The van der Waals surface area contributed by atoms with E-state index in [4.69, 9.17) is 0 Å². The first-order valence-corrected chi connectivity index (χ1v) is 7.94. The van der Waals surface area contributed by atoms with E-state index in [2.05, 4.69) is 4.98 Å². The van der Waals surface area contributed by atoms with Crippen LogP contribution in [0.25, 0.3) is 22.2 Å². The molecule has 1 aromatic heterocycles. The van der Waals surface area contributed by atoms with Gasteiger partial charge in [0.25, 0.3) is 0 Å². The van der Waals surface area contributed by atoms with Gasteiger partial charge in [0.15, 0.2) is 0 Å². The highest BCUT2D eigenvalue weighted by molar-refractivity contribution is 5.92. The number of benzene rings is 2. The lowest BCUT2D eigenvalue weighted by Crippen LogP contribution is -2.24. The lowest BCUT2D eigenvalue weighted by Gasteiger charge is -2.34. The van der Waals surface area contributed by atoms with E-state index in [0.717, 1.165) is 30.0 Å². The average molecular weight is 331 g/mol. The van der Waals surface area contributed by atoms with Crippen LogP contribution in [0.4, 0.5) is 13.2 Å². The molecule has 0 amide bonds. The van der Waals surface area contributed by atoms with E-state index in [1.807, 2.05) is 0 Å². The van der Waals surface area contributed by atoms with Crippen LogP contribution >= 0.6 is 0 Å². The number of aromatic amines is 1. The quantitative estimate of drug-likeness (QED) is 0.714. The van der Waals surface area contributed by atoms with Crippen molar-refractivity contribution in [3.63, 3.8) is 0 Å². The SMILES string of the molecule is OC[C@H]1C[C@H](c2c(-c3ccc(F)cc3)[nH]c3c(F)cc(F)cc32)C1. The van der Waals surface area contributed by atoms with Crippen LogP contribution in [0.1, 0.15) is 24.3 Å². The van der Waals surface area contributed by atoms with Crippen LogP contribution in [0.2, 0.25) is 0 Å². The van der Waals surface area contributed by atoms with Gasteiger partial charge in [-0.05, 0) is 66.1 Å². The zero-order valence-corrected chi connectivity index (χ0v) is 12.8. The van der Waals surface area contributed by atoms with Gasteiger partial charge in [0.05, 0.1) is 11.2 Å². The van der Waals surface area contributed by atoms with Gasteiger partial charge in [-0.15, -0.1) is 0 Å². The van der Waals surface area contributed by atoms with Crippen molar-refractivity contribution in [2.45, 2.75) is 18.8 Å². The number of aliphatic hydroxyl groups excluding tert-OH is 1. The second kappa shape index (κ2) is 5.67. The van der Waals surface area contributed by atoms with Crippen molar-refractivity contribution in [1.82, 2.24) is 4.98 Å². The molecule has 1 aliphatic rings. The number of hydrogen-bond acceptors (Lipinski definition) is 1. The number of hydrogen-bond donors (Lipinski definition) is 2. The van der Waals surface area contributed by atoms with Gasteiger partial charge in [-0.25, -0.2) is 13.2 Å². The van der Waals surface area contributed by atoms with Crippen LogP contribution in [0.5, 0.6) is 0 Å². The molecule has 4 rings (SSSR count). The molecule has 1 saturated carbocycles. The van der Waals surface area contributed by atoms with Gasteiger partial charge in [-0.1, -0.05) is 0 Å². The van der Waals surface area contributed by atoms with Gasteiger partial charge in [0.2, 0.25) is 0 Å². The molecule has 1 heterocycles. The Balaban J connectivity index is 1.91. The lowest BCUT2D eigenvalue weighted by molar-refractivity contribution is 0.143. The van der Waals surface area contributed by atoms with E-state index in [1.165, 1.54) is 18.2 Å². The molecule has 2 N–H and O–H groups in total. The zero-order valence-electron chi connectivity index (χ0n) is 12.8. The third kappa shape index (κ3) is 2.40. The van der Waals surface area contributed by atoms with Crippen molar-refractivity contribution < 1.29 is 18.3 Å². The minimum Gasteiger partial charge on any atom is -0.396 e. The van der Waals surface area contributed by atoms with Crippen molar-refractivity contribution in [3.05, 3.63) is 59.4 Å². The van der Waals surface area contributed by atoms with Crippen molar-refractivity contribution in [2.75, 3.05) is 6.61 Å². The molecule has 0 radical (unpaired) electrons. The molecular weight excluding hydrogens is 315 g/mol. The number of aliphatic hydroxyl groups is 1. The molecule has 0 atom stereocenters. The van der Waals surface area contributed by atoms with Gasteiger partial charge in [-0.2, -0.15) is 0 Å². The molecule has 1 aliphatic carbocycles. The number of halogens is 3. The summed E-state index contributed by atoms with van der Waals surface area (Å²) in [6.07, 6.45) is 1.55. The normalized spacial score (nSPS) is 20.3. The highest BCUT2D eigenvalue weighted by atomic mass is 19.1. The number of rotatable bonds is 3. The molecular formula is C19H16F3NO. The molecule has 24 heavy (non-hydrogen) atoms.